The summed E-state index contributed by atoms with van der Waals surface area (Å²) in [5.41, 5.74) is 1.89. The number of amides is 2. The van der Waals surface area contributed by atoms with Crippen LogP contribution in [-0.4, -0.2) is 29.5 Å². The van der Waals surface area contributed by atoms with Crippen LogP contribution in [0.5, 0.6) is 0 Å². The molecule has 1 heterocycles. The van der Waals surface area contributed by atoms with Crippen LogP contribution in [0.15, 0.2) is 41.3 Å². The Morgan fingerprint density at radius 3 is 2.58 bits per heavy atom. The van der Waals surface area contributed by atoms with Crippen LogP contribution in [0.25, 0.3) is 0 Å². The van der Waals surface area contributed by atoms with Gasteiger partial charge in [0.05, 0.1) is 12.1 Å². The van der Waals surface area contributed by atoms with Crippen LogP contribution in [0.4, 0.5) is 0 Å². The van der Waals surface area contributed by atoms with Crippen molar-refractivity contribution in [3.63, 3.8) is 0 Å². The van der Waals surface area contributed by atoms with Crippen molar-refractivity contribution in [3.05, 3.63) is 69.1 Å². The molecule has 6 heteroatoms. The summed E-state index contributed by atoms with van der Waals surface area (Å²) in [5.74, 6) is -0.291. The molecule has 0 radical (unpaired) electrons. The van der Waals surface area contributed by atoms with E-state index in [-0.39, 0.29) is 17.5 Å². The summed E-state index contributed by atoms with van der Waals surface area (Å²) in [6.07, 6.45) is 2.48. The number of hydrogen-bond donors (Lipinski definition) is 2. The van der Waals surface area contributed by atoms with Gasteiger partial charge in [-0.2, -0.15) is 0 Å². The minimum atomic E-state index is -0.498. The Balaban J connectivity index is 1.98. The minimum absolute atomic E-state index is 0.0309. The fraction of sp³-hybridized carbons (Fsp3) is 0.350. The Morgan fingerprint density at radius 1 is 1.23 bits per heavy atom. The number of benzene rings is 1. The summed E-state index contributed by atoms with van der Waals surface area (Å²) in [5, 5.41) is 5.40. The Morgan fingerprint density at radius 2 is 1.96 bits per heavy atom. The van der Waals surface area contributed by atoms with Crippen LogP contribution in [0, 0.1) is 12.8 Å². The number of aromatic nitrogens is 1. The largest absolute Gasteiger partial charge is 0.355 e. The van der Waals surface area contributed by atoms with E-state index in [4.69, 9.17) is 0 Å². The average molecular weight is 353 g/mol. The standard InChI is InChI=1S/C20H23N3O3/c1-12-5-4-6-14(7-12)10-23-11-15(18(24)22-17-8-13(17)2)9-16(20(23)26)19(25)21-3/h4-7,9,11,13,17H,8,10H2,1-3H3,(H,21,25)(H,22,24)/t13-,17-/m1/s1. The number of nitrogens with one attached hydrogen (secondary N) is 2. The van der Waals surface area contributed by atoms with Gasteiger partial charge in [-0.25, -0.2) is 0 Å². The summed E-state index contributed by atoms with van der Waals surface area (Å²) in [6.45, 7) is 4.34. The topological polar surface area (TPSA) is 80.2 Å². The smallest absolute Gasteiger partial charge is 0.263 e. The van der Waals surface area contributed by atoms with Gasteiger partial charge in [-0.15, -0.1) is 0 Å². The molecule has 2 N–H and O–H groups in total. The van der Waals surface area contributed by atoms with E-state index < -0.39 is 11.5 Å². The van der Waals surface area contributed by atoms with E-state index in [9.17, 15) is 14.4 Å². The van der Waals surface area contributed by atoms with Crippen molar-refractivity contribution in [2.75, 3.05) is 7.05 Å². The molecule has 2 aromatic rings. The SMILES string of the molecule is CNC(=O)c1cc(C(=O)N[C@@H]2C[C@H]2C)cn(Cc2cccc(C)c2)c1=O. The van der Waals surface area contributed by atoms with Crippen molar-refractivity contribution in [1.29, 1.82) is 0 Å². The third-order valence-corrected chi connectivity index (χ3v) is 4.68. The summed E-state index contributed by atoms with van der Waals surface area (Å²) in [7, 11) is 1.46. The first-order chi connectivity index (χ1) is 12.4. The highest BCUT2D eigenvalue weighted by Gasteiger charge is 2.34. The molecule has 1 fully saturated rings. The second-order valence-corrected chi connectivity index (χ2v) is 6.94. The zero-order chi connectivity index (χ0) is 18.8. The Labute approximate surface area is 152 Å². The molecule has 0 unspecified atom stereocenters. The van der Waals surface area contributed by atoms with Gasteiger partial charge in [0.1, 0.15) is 5.56 Å². The highest BCUT2D eigenvalue weighted by atomic mass is 16.2. The van der Waals surface area contributed by atoms with E-state index in [1.54, 1.807) is 0 Å². The van der Waals surface area contributed by atoms with Gasteiger partial charge in [0.25, 0.3) is 17.4 Å². The number of hydrogen-bond acceptors (Lipinski definition) is 3. The zero-order valence-corrected chi connectivity index (χ0v) is 15.2. The number of nitrogens with zero attached hydrogens (tertiary/aromatic N) is 1. The lowest BCUT2D eigenvalue weighted by Crippen LogP contribution is -2.34. The fourth-order valence-electron chi connectivity index (χ4n) is 2.96. The second kappa shape index (κ2) is 7.15. The Hall–Kier alpha value is -2.89. The van der Waals surface area contributed by atoms with Gasteiger partial charge in [0.15, 0.2) is 0 Å². The predicted molar refractivity (Wildman–Crippen MR) is 99.4 cm³/mol. The molecule has 0 saturated heterocycles. The van der Waals surface area contributed by atoms with Crippen molar-refractivity contribution in [3.8, 4) is 0 Å². The summed E-state index contributed by atoms with van der Waals surface area (Å²) >= 11 is 0. The first-order valence-corrected chi connectivity index (χ1v) is 8.72. The number of carbonyl (C=O) groups excluding carboxylic acids is 2. The molecule has 2 atom stereocenters. The van der Waals surface area contributed by atoms with Crippen LogP contribution in [0.2, 0.25) is 0 Å². The summed E-state index contributed by atoms with van der Waals surface area (Å²) in [4.78, 5) is 37.3. The quantitative estimate of drug-likeness (QED) is 0.859. The van der Waals surface area contributed by atoms with Gasteiger partial charge in [-0.1, -0.05) is 36.8 Å². The molecule has 1 aliphatic carbocycles. The summed E-state index contributed by atoms with van der Waals surface area (Å²) in [6, 6.07) is 9.32. The van der Waals surface area contributed by atoms with E-state index in [1.165, 1.54) is 23.9 Å². The van der Waals surface area contributed by atoms with Crippen LogP contribution in [-0.2, 0) is 6.54 Å². The molecule has 0 spiro atoms. The molecule has 0 aliphatic heterocycles. The van der Waals surface area contributed by atoms with Gasteiger partial charge < -0.3 is 15.2 Å². The third kappa shape index (κ3) is 3.85. The highest BCUT2D eigenvalue weighted by molar-refractivity contribution is 5.99. The van der Waals surface area contributed by atoms with Gasteiger partial charge in [0, 0.05) is 19.3 Å². The molecule has 1 aromatic heterocycles. The second-order valence-electron chi connectivity index (χ2n) is 6.94. The van der Waals surface area contributed by atoms with Crippen LogP contribution in [0.1, 0.15) is 45.2 Å². The summed E-state index contributed by atoms with van der Waals surface area (Å²) < 4.78 is 1.42. The number of pyridine rings is 1. The normalized spacial score (nSPS) is 18.3. The van der Waals surface area contributed by atoms with Crippen LogP contribution < -0.4 is 16.2 Å². The van der Waals surface area contributed by atoms with Crippen molar-refractivity contribution in [2.24, 2.45) is 5.92 Å². The Kier molecular flexibility index (Phi) is 4.93. The van der Waals surface area contributed by atoms with E-state index in [1.807, 2.05) is 31.2 Å². The molecule has 6 nitrogen and oxygen atoms in total. The van der Waals surface area contributed by atoms with E-state index in [0.717, 1.165) is 17.5 Å². The van der Waals surface area contributed by atoms with E-state index >= 15 is 0 Å². The molecule has 3 rings (SSSR count). The Bertz CT molecular complexity index is 917. The van der Waals surface area contributed by atoms with Crippen molar-refractivity contribution in [1.82, 2.24) is 15.2 Å². The molecule has 136 valence electrons. The minimum Gasteiger partial charge on any atom is -0.355 e. The van der Waals surface area contributed by atoms with Crippen molar-refractivity contribution in [2.45, 2.75) is 32.9 Å². The maximum absolute atomic E-state index is 12.7. The van der Waals surface area contributed by atoms with Gasteiger partial charge in [0.2, 0.25) is 0 Å². The molecule has 2 amide bonds. The van der Waals surface area contributed by atoms with Crippen molar-refractivity contribution >= 4 is 11.8 Å². The first kappa shape index (κ1) is 17.9. The third-order valence-electron chi connectivity index (χ3n) is 4.68. The monoisotopic (exact) mass is 353 g/mol. The molecule has 1 aliphatic rings. The van der Waals surface area contributed by atoms with Crippen LogP contribution in [0.3, 0.4) is 0 Å². The number of aryl methyl sites for hydroxylation is 1. The van der Waals surface area contributed by atoms with Gasteiger partial charge in [-0.05, 0) is 30.9 Å². The molecule has 26 heavy (non-hydrogen) atoms. The molecule has 1 aromatic carbocycles. The molecule has 1 saturated carbocycles. The lowest BCUT2D eigenvalue weighted by Gasteiger charge is -2.12. The predicted octanol–water partition coefficient (Wildman–Crippen LogP) is 1.70. The zero-order valence-electron chi connectivity index (χ0n) is 15.2. The lowest BCUT2D eigenvalue weighted by molar-refractivity contribution is 0.0948. The van der Waals surface area contributed by atoms with E-state index in [2.05, 4.69) is 17.6 Å². The fourth-order valence-corrected chi connectivity index (χ4v) is 2.96. The maximum atomic E-state index is 12.7. The lowest BCUT2D eigenvalue weighted by atomic mass is 10.1. The maximum Gasteiger partial charge on any atom is 0.263 e. The molecular weight excluding hydrogens is 330 g/mol. The van der Waals surface area contributed by atoms with Gasteiger partial charge >= 0.3 is 0 Å². The molecular formula is C20H23N3O3. The number of rotatable bonds is 5. The highest BCUT2D eigenvalue weighted by Crippen LogP contribution is 2.29. The van der Waals surface area contributed by atoms with Crippen molar-refractivity contribution < 1.29 is 9.59 Å². The van der Waals surface area contributed by atoms with Crippen LogP contribution >= 0.6 is 0 Å². The number of carbonyl (C=O) groups is 2. The van der Waals surface area contributed by atoms with E-state index in [0.29, 0.717) is 18.0 Å². The first-order valence-electron chi connectivity index (χ1n) is 8.72. The molecule has 0 bridgehead atoms. The average Bonchev–Trinajstić information content (AvgIpc) is 3.30. The van der Waals surface area contributed by atoms with Gasteiger partial charge in [-0.3, -0.25) is 14.4 Å².